The lowest BCUT2D eigenvalue weighted by molar-refractivity contribution is -0.131. The van der Waals surface area contributed by atoms with Crippen LogP contribution in [0.25, 0.3) is 0 Å². The minimum absolute atomic E-state index is 0.228. The van der Waals surface area contributed by atoms with Crippen LogP contribution in [-0.4, -0.2) is 5.97 Å². The molecule has 0 spiro atoms. The Labute approximate surface area is 76.5 Å². The summed E-state index contributed by atoms with van der Waals surface area (Å²) in [5.74, 6) is -0.431. The van der Waals surface area contributed by atoms with Gasteiger partial charge in [-0.1, -0.05) is 6.07 Å². The van der Waals surface area contributed by atoms with Crippen LogP contribution < -0.4 is 4.74 Å². The van der Waals surface area contributed by atoms with Gasteiger partial charge in [-0.05, 0) is 22.0 Å². The Balaban J connectivity index is 2.61. The molecule has 0 amide bonds. The van der Waals surface area contributed by atoms with Crippen molar-refractivity contribution >= 4 is 21.9 Å². The van der Waals surface area contributed by atoms with Crippen LogP contribution in [0.4, 0.5) is 4.39 Å². The van der Waals surface area contributed by atoms with Crippen molar-refractivity contribution in [1.29, 1.82) is 0 Å². The minimum Gasteiger partial charge on any atom is -0.425 e. The number of esters is 1. The third-order valence-corrected chi connectivity index (χ3v) is 2.42. The molecule has 0 atom stereocenters. The summed E-state index contributed by atoms with van der Waals surface area (Å²) in [7, 11) is 0. The molecular weight excluding hydrogens is 227 g/mol. The zero-order chi connectivity index (χ0) is 8.72. The second kappa shape index (κ2) is 2.55. The maximum absolute atomic E-state index is 12.9. The number of hydrogen-bond acceptors (Lipinski definition) is 2. The molecule has 1 aromatic rings. The van der Waals surface area contributed by atoms with Crippen molar-refractivity contribution in [1.82, 2.24) is 0 Å². The van der Waals surface area contributed by atoms with Crippen LogP contribution in [0.5, 0.6) is 5.75 Å². The first-order valence-corrected chi connectivity index (χ1v) is 4.15. The first-order valence-electron chi connectivity index (χ1n) is 3.36. The number of carbonyl (C=O) groups excluding carboxylic acids is 1. The average molecular weight is 231 g/mol. The van der Waals surface area contributed by atoms with Gasteiger partial charge in [0.15, 0.2) is 5.75 Å². The van der Waals surface area contributed by atoms with E-state index in [-0.39, 0.29) is 16.9 Å². The lowest BCUT2D eigenvalue weighted by atomic mass is 10.2. The monoisotopic (exact) mass is 230 g/mol. The largest absolute Gasteiger partial charge is 0.425 e. The molecule has 0 N–H and O–H groups in total. The van der Waals surface area contributed by atoms with Gasteiger partial charge in [0.1, 0.15) is 5.82 Å². The Morgan fingerprint density at radius 1 is 1.50 bits per heavy atom. The predicted octanol–water partition coefficient (Wildman–Crippen LogP) is 2.05. The Kier molecular flexibility index (Phi) is 1.65. The van der Waals surface area contributed by atoms with E-state index in [1.165, 1.54) is 6.07 Å². The molecule has 0 radical (unpaired) electrons. The number of ether oxygens (including phenoxy) is 1. The van der Waals surface area contributed by atoms with Crippen molar-refractivity contribution < 1.29 is 13.9 Å². The fraction of sp³-hybridized carbons (Fsp3) is 0.125. The first-order chi connectivity index (χ1) is 5.68. The summed E-state index contributed by atoms with van der Waals surface area (Å²) < 4.78 is 17.9. The number of fused-ring (bicyclic) bond motifs is 1. The average Bonchev–Trinajstić information content (AvgIpc) is 2.39. The number of carbonyl (C=O) groups is 1. The Hall–Kier alpha value is -0.900. The standard InChI is InChI=1S/C8H4BrFO2/c9-7-5(10)2-1-4-3-6(11)12-8(4)7/h1-2H,3H2. The van der Waals surface area contributed by atoms with E-state index in [0.717, 1.165) is 5.56 Å². The number of hydrogen-bond donors (Lipinski definition) is 0. The smallest absolute Gasteiger partial charge is 0.315 e. The fourth-order valence-electron chi connectivity index (χ4n) is 1.13. The molecule has 1 aliphatic rings. The van der Waals surface area contributed by atoms with E-state index < -0.39 is 5.82 Å². The molecule has 0 saturated heterocycles. The van der Waals surface area contributed by atoms with Gasteiger partial charge in [-0.2, -0.15) is 0 Å². The molecule has 12 heavy (non-hydrogen) atoms. The summed E-state index contributed by atoms with van der Waals surface area (Å²) >= 11 is 3.01. The number of rotatable bonds is 0. The summed E-state index contributed by atoms with van der Waals surface area (Å²) in [6.45, 7) is 0. The topological polar surface area (TPSA) is 26.3 Å². The van der Waals surface area contributed by atoms with Gasteiger partial charge < -0.3 is 4.74 Å². The summed E-state index contributed by atoms with van der Waals surface area (Å²) in [4.78, 5) is 10.8. The van der Waals surface area contributed by atoms with Crippen LogP contribution in [0.2, 0.25) is 0 Å². The molecular formula is C8H4BrFO2. The quantitative estimate of drug-likeness (QED) is 0.504. The van der Waals surface area contributed by atoms with Crippen molar-refractivity contribution in [3.05, 3.63) is 28.0 Å². The van der Waals surface area contributed by atoms with Crippen molar-refractivity contribution in [3.8, 4) is 5.75 Å². The fourth-order valence-corrected chi connectivity index (χ4v) is 1.59. The highest BCUT2D eigenvalue weighted by Crippen LogP contribution is 2.35. The molecule has 2 nitrogen and oxygen atoms in total. The van der Waals surface area contributed by atoms with Crippen molar-refractivity contribution in [2.24, 2.45) is 0 Å². The second-order valence-electron chi connectivity index (χ2n) is 2.50. The molecule has 0 aliphatic carbocycles. The Morgan fingerprint density at radius 2 is 2.25 bits per heavy atom. The zero-order valence-electron chi connectivity index (χ0n) is 5.93. The second-order valence-corrected chi connectivity index (χ2v) is 3.29. The minimum atomic E-state index is -0.413. The van der Waals surface area contributed by atoms with Gasteiger partial charge in [-0.15, -0.1) is 0 Å². The number of halogens is 2. The van der Waals surface area contributed by atoms with E-state index in [4.69, 9.17) is 4.74 Å². The number of benzene rings is 1. The van der Waals surface area contributed by atoms with Crippen LogP contribution in [0.1, 0.15) is 5.56 Å². The van der Waals surface area contributed by atoms with E-state index in [2.05, 4.69) is 15.9 Å². The van der Waals surface area contributed by atoms with E-state index in [0.29, 0.717) is 5.75 Å². The van der Waals surface area contributed by atoms with E-state index in [1.807, 2.05) is 0 Å². The molecule has 0 aromatic heterocycles. The third-order valence-electron chi connectivity index (χ3n) is 1.68. The zero-order valence-corrected chi connectivity index (χ0v) is 7.52. The summed E-state index contributed by atoms with van der Waals surface area (Å²) in [6, 6.07) is 2.87. The van der Waals surface area contributed by atoms with Gasteiger partial charge in [-0.3, -0.25) is 4.79 Å². The van der Waals surface area contributed by atoms with Crippen molar-refractivity contribution in [2.45, 2.75) is 6.42 Å². The highest BCUT2D eigenvalue weighted by atomic mass is 79.9. The van der Waals surface area contributed by atoms with Crippen LogP contribution >= 0.6 is 15.9 Å². The van der Waals surface area contributed by atoms with E-state index in [1.54, 1.807) is 6.07 Å². The highest BCUT2D eigenvalue weighted by molar-refractivity contribution is 9.10. The van der Waals surface area contributed by atoms with E-state index in [9.17, 15) is 9.18 Å². The van der Waals surface area contributed by atoms with Crippen LogP contribution in [-0.2, 0) is 11.2 Å². The predicted molar refractivity (Wildman–Crippen MR) is 43.4 cm³/mol. The van der Waals surface area contributed by atoms with Crippen LogP contribution in [0.3, 0.4) is 0 Å². The Bertz CT molecular complexity index is 362. The van der Waals surface area contributed by atoms with Gasteiger partial charge in [0.2, 0.25) is 0 Å². The maximum atomic E-state index is 12.9. The lowest BCUT2D eigenvalue weighted by Crippen LogP contribution is -2.00. The molecule has 1 aliphatic heterocycles. The first kappa shape index (κ1) is 7.73. The van der Waals surface area contributed by atoms with E-state index >= 15 is 0 Å². The molecule has 2 rings (SSSR count). The molecule has 0 saturated carbocycles. The van der Waals surface area contributed by atoms with Gasteiger partial charge in [0.05, 0.1) is 10.9 Å². The molecule has 4 heteroatoms. The molecule has 0 unspecified atom stereocenters. The van der Waals surface area contributed by atoms with Gasteiger partial charge in [0, 0.05) is 5.56 Å². The van der Waals surface area contributed by atoms with Gasteiger partial charge in [-0.25, -0.2) is 4.39 Å². The molecule has 1 aromatic carbocycles. The maximum Gasteiger partial charge on any atom is 0.315 e. The normalized spacial score (nSPS) is 14.3. The summed E-state index contributed by atoms with van der Waals surface area (Å²) in [5.41, 5.74) is 0.730. The van der Waals surface area contributed by atoms with Crippen molar-refractivity contribution in [2.75, 3.05) is 0 Å². The molecule has 0 bridgehead atoms. The molecule has 62 valence electrons. The molecule has 1 heterocycles. The van der Waals surface area contributed by atoms with Gasteiger partial charge in [0.25, 0.3) is 0 Å². The Morgan fingerprint density at radius 3 is 3.00 bits per heavy atom. The van der Waals surface area contributed by atoms with Gasteiger partial charge >= 0.3 is 5.97 Å². The molecule has 0 fully saturated rings. The summed E-state index contributed by atoms with van der Waals surface area (Å²) in [5, 5.41) is 0. The van der Waals surface area contributed by atoms with Crippen LogP contribution in [0.15, 0.2) is 16.6 Å². The summed E-state index contributed by atoms with van der Waals surface area (Å²) in [6.07, 6.45) is 0.230. The SMILES string of the molecule is O=C1Cc2ccc(F)c(Br)c2O1. The third kappa shape index (κ3) is 1.03. The van der Waals surface area contributed by atoms with Crippen LogP contribution in [0, 0.1) is 5.82 Å². The lowest BCUT2D eigenvalue weighted by Gasteiger charge is -2.00. The van der Waals surface area contributed by atoms with Crippen molar-refractivity contribution in [3.63, 3.8) is 0 Å². The highest BCUT2D eigenvalue weighted by Gasteiger charge is 2.24.